The Bertz CT molecular complexity index is 140. The number of carbonyl (C=O) groups excluding carboxylic acids is 1. The molecule has 0 N–H and O–H groups in total. The fraction of sp³-hybridized carbons (Fsp3) is 0.833. The number of amides is 1. The van der Waals surface area contributed by atoms with Crippen molar-refractivity contribution < 1.29 is 9.53 Å². The highest BCUT2D eigenvalue weighted by atomic mass is 32.2. The Morgan fingerprint density at radius 1 is 1.90 bits per heavy atom. The number of carbonyl (C=O) groups is 1. The smallest absolute Gasteiger partial charge is 0.409 e. The summed E-state index contributed by atoms with van der Waals surface area (Å²) in [5.74, 6) is 0.899. The van der Waals surface area contributed by atoms with E-state index in [-0.39, 0.29) is 12.2 Å². The summed E-state index contributed by atoms with van der Waals surface area (Å²) in [6.07, 6.45) is 1.91. The van der Waals surface area contributed by atoms with Crippen molar-refractivity contribution in [3.63, 3.8) is 0 Å². The van der Waals surface area contributed by atoms with Crippen molar-refractivity contribution in [2.75, 3.05) is 25.6 Å². The predicted octanol–water partition coefficient (Wildman–Crippen LogP) is 0.800. The van der Waals surface area contributed by atoms with Gasteiger partial charge in [0.2, 0.25) is 0 Å². The predicted molar refractivity (Wildman–Crippen MR) is 41.3 cm³/mol. The standard InChI is InChI=1S/C6H11NO2S/c1-7-3-5(4-10-2)9-6(7)8/h5H,3-4H2,1-2H3. The summed E-state index contributed by atoms with van der Waals surface area (Å²) in [4.78, 5) is 12.4. The lowest BCUT2D eigenvalue weighted by Crippen LogP contribution is -2.20. The lowest BCUT2D eigenvalue weighted by atomic mass is 10.4. The van der Waals surface area contributed by atoms with E-state index in [2.05, 4.69) is 0 Å². The number of likely N-dealkylation sites (N-methyl/N-ethyl adjacent to an activating group) is 1. The van der Waals surface area contributed by atoms with Crippen LogP contribution in [0.3, 0.4) is 0 Å². The number of nitrogens with zero attached hydrogens (tertiary/aromatic N) is 1. The van der Waals surface area contributed by atoms with Crippen LogP contribution in [-0.2, 0) is 4.74 Å². The number of cyclic esters (lactones) is 1. The van der Waals surface area contributed by atoms with Gasteiger partial charge in [0.15, 0.2) is 0 Å². The van der Waals surface area contributed by atoms with Crippen molar-refractivity contribution in [3.05, 3.63) is 0 Å². The Morgan fingerprint density at radius 3 is 3.00 bits per heavy atom. The SMILES string of the molecule is CSCC1CN(C)C(=O)O1. The Labute approximate surface area is 64.7 Å². The molecule has 0 aromatic carbocycles. The van der Waals surface area contributed by atoms with Gasteiger partial charge in [-0.05, 0) is 6.26 Å². The van der Waals surface area contributed by atoms with E-state index in [4.69, 9.17) is 4.74 Å². The van der Waals surface area contributed by atoms with Crippen molar-refractivity contribution in [1.82, 2.24) is 4.90 Å². The third-order valence-electron chi connectivity index (χ3n) is 1.41. The van der Waals surface area contributed by atoms with Gasteiger partial charge in [-0.1, -0.05) is 0 Å². The van der Waals surface area contributed by atoms with Gasteiger partial charge >= 0.3 is 6.09 Å². The highest BCUT2D eigenvalue weighted by Crippen LogP contribution is 2.11. The monoisotopic (exact) mass is 161 g/mol. The Morgan fingerprint density at radius 2 is 2.60 bits per heavy atom. The molecule has 1 amide bonds. The molecule has 1 atom stereocenters. The topological polar surface area (TPSA) is 29.5 Å². The van der Waals surface area contributed by atoms with Crippen LogP contribution >= 0.6 is 11.8 Å². The minimum atomic E-state index is -0.195. The molecule has 0 spiro atoms. The summed E-state index contributed by atoms with van der Waals surface area (Å²) >= 11 is 1.70. The highest BCUT2D eigenvalue weighted by molar-refractivity contribution is 7.98. The zero-order chi connectivity index (χ0) is 7.56. The molecule has 4 heteroatoms. The zero-order valence-electron chi connectivity index (χ0n) is 6.16. The second kappa shape index (κ2) is 3.14. The summed E-state index contributed by atoms with van der Waals surface area (Å²) in [5, 5.41) is 0. The molecule has 0 aromatic rings. The van der Waals surface area contributed by atoms with Crippen molar-refractivity contribution in [3.8, 4) is 0 Å². The average Bonchev–Trinajstić information content (AvgIpc) is 2.14. The molecule has 1 fully saturated rings. The Hall–Kier alpha value is -0.380. The molecular weight excluding hydrogens is 150 g/mol. The largest absolute Gasteiger partial charge is 0.443 e. The van der Waals surface area contributed by atoms with Gasteiger partial charge < -0.3 is 9.64 Å². The van der Waals surface area contributed by atoms with Crippen molar-refractivity contribution in [2.24, 2.45) is 0 Å². The third kappa shape index (κ3) is 1.56. The van der Waals surface area contributed by atoms with E-state index in [9.17, 15) is 4.79 Å². The summed E-state index contributed by atoms with van der Waals surface area (Å²) in [5.41, 5.74) is 0. The van der Waals surface area contributed by atoms with Crippen LogP contribution in [0.1, 0.15) is 0 Å². The minimum Gasteiger partial charge on any atom is -0.443 e. The Balaban J connectivity index is 2.34. The van der Waals surface area contributed by atoms with Crippen LogP contribution in [0.4, 0.5) is 4.79 Å². The molecule has 1 heterocycles. The lowest BCUT2D eigenvalue weighted by Gasteiger charge is -2.03. The molecule has 1 aliphatic rings. The lowest BCUT2D eigenvalue weighted by molar-refractivity contribution is 0.142. The van der Waals surface area contributed by atoms with E-state index < -0.39 is 0 Å². The fourth-order valence-corrected chi connectivity index (χ4v) is 1.47. The summed E-state index contributed by atoms with van der Waals surface area (Å²) in [6.45, 7) is 0.736. The van der Waals surface area contributed by atoms with Crippen LogP contribution in [0, 0.1) is 0 Å². The second-order valence-corrected chi connectivity index (χ2v) is 3.25. The first-order valence-electron chi connectivity index (χ1n) is 3.14. The first-order valence-corrected chi connectivity index (χ1v) is 4.54. The molecule has 3 nitrogen and oxygen atoms in total. The maximum Gasteiger partial charge on any atom is 0.409 e. The van der Waals surface area contributed by atoms with Gasteiger partial charge in [-0.25, -0.2) is 4.79 Å². The van der Waals surface area contributed by atoms with E-state index in [0.29, 0.717) is 0 Å². The van der Waals surface area contributed by atoms with Crippen LogP contribution in [0.5, 0.6) is 0 Å². The quantitative estimate of drug-likeness (QED) is 0.600. The van der Waals surface area contributed by atoms with Gasteiger partial charge in [0.05, 0.1) is 6.54 Å². The molecule has 1 saturated heterocycles. The molecule has 0 radical (unpaired) electrons. The van der Waals surface area contributed by atoms with Gasteiger partial charge in [0.25, 0.3) is 0 Å². The first-order chi connectivity index (χ1) is 4.74. The van der Waals surface area contributed by atoms with Gasteiger partial charge in [-0.3, -0.25) is 0 Å². The van der Waals surface area contributed by atoms with Crippen molar-refractivity contribution in [1.29, 1.82) is 0 Å². The Kier molecular flexibility index (Phi) is 2.43. The fourth-order valence-electron chi connectivity index (χ4n) is 0.922. The zero-order valence-corrected chi connectivity index (χ0v) is 6.98. The number of hydrogen-bond donors (Lipinski definition) is 0. The number of thioether (sulfide) groups is 1. The molecule has 1 unspecified atom stereocenters. The van der Waals surface area contributed by atoms with Crippen LogP contribution in [0.2, 0.25) is 0 Å². The normalized spacial score (nSPS) is 25.2. The molecule has 10 heavy (non-hydrogen) atoms. The van der Waals surface area contributed by atoms with Crippen LogP contribution in [0.15, 0.2) is 0 Å². The molecule has 0 aliphatic carbocycles. The van der Waals surface area contributed by atoms with Crippen molar-refractivity contribution >= 4 is 17.9 Å². The van der Waals surface area contributed by atoms with E-state index in [0.717, 1.165) is 12.3 Å². The number of ether oxygens (including phenoxy) is 1. The summed E-state index contributed by atoms with van der Waals surface area (Å²) < 4.78 is 4.98. The van der Waals surface area contributed by atoms with Gasteiger partial charge in [0, 0.05) is 12.8 Å². The van der Waals surface area contributed by atoms with E-state index in [1.807, 2.05) is 6.26 Å². The van der Waals surface area contributed by atoms with Gasteiger partial charge in [-0.2, -0.15) is 11.8 Å². The molecule has 1 rings (SSSR count). The molecule has 0 saturated carbocycles. The van der Waals surface area contributed by atoms with E-state index >= 15 is 0 Å². The van der Waals surface area contributed by atoms with Gasteiger partial charge in [0.1, 0.15) is 6.10 Å². The maximum absolute atomic E-state index is 10.8. The molecule has 0 bridgehead atoms. The minimum absolute atomic E-state index is 0.104. The van der Waals surface area contributed by atoms with Crippen molar-refractivity contribution in [2.45, 2.75) is 6.10 Å². The molecule has 1 aliphatic heterocycles. The second-order valence-electron chi connectivity index (χ2n) is 2.34. The van der Waals surface area contributed by atoms with Crippen LogP contribution in [0.25, 0.3) is 0 Å². The molecular formula is C6H11NO2S. The maximum atomic E-state index is 10.8. The third-order valence-corrected chi connectivity index (χ3v) is 2.11. The average molecular weight is 161 g/mol. The van der Waals surface area contributed by atoms with E-state index in [1.165, 1.54) is 0 Å². The van der Waals surface area contributed by atoms with E-state index in [1.54, 1.807) is 23.7 Å². The molecule has 58 valence electrons. The van der Waals surface area contributed by atoms with Crippen LogP contribution < -0.4 is 0 Å². The van der Waals surface area contributed by atoms with Crippen LogP contribution in [-0.4, -0.2) is 42.7 Å². The first kappa shape index (κ1) is 7.72. The number of hydrogen-bond acceptors (Lipinski definition) is 3. The number of rotatable bonds is 2. The summed E-state index contributed by atoms with van der Waals surface area (Å²) in [7, 11) is 1.75. The molecule has 0 aromatic heterocycles. The van der Waals surface area contributed by atoms with Gasteiger partial charge in [-0.15, -0.1) is 0 Å². The highest BCUT2D eigenvalue weighted by Gasteiger charge is 2.27. The summed E-state index contributed by atoms with van der Waals surface area (Å²) in [6, 6.07) is 0.